The van der Waals surface area contributed by atoms with Gasteiger partial charge in [0.25, 0.3) is 5.91 Å². The molecular formula is C15H15FN2O. The Labute approximate surface area is 111 Å². The third-order valence-corrected chi connectivity index (χ3v) is 2.80. The summed E-state index contributed by atoms with van der Waals surface area (Å²) < 4.78 is 13.3. The lowest BCUT2D eigenvalue weighted by molar-refractivity contribution is 0.102. The van der Waals surface area contributed by atoms with Crippen molar-refractivity contribution in [3.8, 4) is 0 Å². The molecule has 2 rings (SSSR count). The highest BCUT2D eigenvalue weighted by molar-refractivity contribution is 6.04. The molecule has 0 atom stereocenters. The third-order valence-electron chi connectivity index (χ3n) is 2.80. The lowest BCUT2D eigenvalue weighted by Gasteiger charge is -2.08. The van der Waals surface area contributed by atoms with Gasteiger partial charge in [0.05, 0.1) is 0 Å². The molecule has 0 heterocycles. The second kappa shape index (κ2) is 5.63. The summed E-state index contributed by atoms with van der Waals surface area (Å²) in [4.78, 5) is 12.0. The van der Waals surface area contributed by atoms with Gasteiger partial charge in [0, 0.05) is 23.4 Å². The van der Waals surface area contributed by atoms with E-state index in [0.717, 1.165) is 5.56 Å². The Kier molecular flexibility index (Phi) is 3.92. The van der Waals surface area contributed by atoms with E-state index in [0.29, 0.717) is 16.8 Å². The number of rotatable bonds is 3. The van der Waals surface area contributed by atoms with Crippen molar-refractivity contribution >= 4 is 11.6 Å². The standard InChI is InChI=1S/C15H15FN2O/c1-10-3-2-4-11(7-10)15(19)18-13-5-6-14(16)12(8-13)9-17/h2-8H,9,17H2,1H3,(H,18,19). The SMILES string of the molecule is Cc1cccc(C(=O)Nc2ccc(F)c(CN)c2)c1. The van der Waals surface area contributed by atoms with Crippen LogP contribution < -0.4 is 11.1 Å². The maximum absolute atomic E-state index is 13.3. The number of nitrogens with two attached hydrogens (primary N) is 1. The van der Waals surface area contributed by atoms with Crippen molar-refractivity contribution in [3.63, 3.8) is 0 Å². The van der Waals surface area contributed by atoms with Crippen molar-refractivity contribution in [2.45, 2.75) is 13.5 Å². The maximum atomic E-state index is 13.3. The van der Waals surface area contributed by atoms with Gasteiger partial charge in [-0.1, -0.05) is 17.7 Å². The molecule has 4 heteroatoms. The van der Waals surface area contributed by atoms with Crippen molar-refractivity contribution in [1.29, 1.82) is 0 Å². The second-order valence-electron chi connectivity index (χ2n) is 4.33. The van der Waals surface area contributed by atoms with E-state index in [9.17, 15) is 9.18 Å². The molecule has 0 aliphatic rings. The highest BCUT2D eigenvalue weighted by atomic mass is 19.1. The Morgan fingerprint density at radius 2 is 2.05 bits per heavy atom. The minimum Gasteiger partial charge on any atom is -0.326 e. The topological polar surface area (TPSA) is 55.1 Å². The first-order valence-electron chi connectivity index (χ1n) is 5.96. The highest BCUT2D eigenvalue weighted by Crippen LogP contribution is 2.15. The zero-order valence-electron chi connectivity index (χ0n) is 10.6. The number of aryl methyl sites for hydroxylation is 1. The molecule has 2 aromatic rings. The van der Waals surface area contributed by atoms with Gasteiger partial charge in [-0.25, -0.2) is 4.39 Å². The molecule has 2 aromatic carbocycles. The molecule has 0 unspecified atom stereocenters. The first-order valence-corrected chi connectivity index (χ1v) is 5.96. The summed E-state index contributed by atoms with van der Waals surface area (Å²) >= 11 is 0. The molecule has 0 saturated heterocycles. The molecule has 0 radical (unpaired) electrons. The Morgan fingerprint density at radius 3 is 2.74 bits per heavy atom. The Morgan fingerprint density at radius 1 is 1.26 bits per heavy atom. The summed E-state index contributed by atoms with van der Waals surface area (Å²) in [5.41, 5.74) is 7.92. The largest absolute Gasteiger partial charge is 0.326 e. The maximum Gasteiger partial charge on any atom is 0.255 e. The Hall–Kier alpha value is -2.20. The van der Waals surface area contributed by atoms with Gasteiger partial charge in [-0.15, -0.1) is 0 Å². The molecule has 19 heavy (non-hydrogen) atoms. The van der Waals surface area contributed by atoms with Crippen molar-refractivity contribution in [3.05, 3.63) is 65.0 Å². The third kappa shape index (κ3) is 3.17. The quantitative estimate of drug-likeness (QED) is 0.889. The summed E-state index contributed by atoms with van der Waals surface area (Å²) in [7, 11) is 0. The number of benzene rings is 2. The van der Waals surface area contributed by atoms with Gasteiger partial charge in [-0.05, 0) is 37.3 Å². The van der Waals surface area contributed by atoms with Crippen LogP contribution in [0.25, 0.3) is 0 Å². The molecule has 0 fully saturated rings. The molecular weight excluding hydrogens is 243 g/mol. The predicted molar refractivity (Wildman–Crippen MR) is 73.4 cm³/mol. The van der Waals surface area contributed by atoms with Gasteiger partial charge in [-0.2, -0.15) is 0 Å². The lowest BCUT2D eigenvalue weighted by Crippen LogP contribution is -2.12. The molecule has 0 saturated carbocycles. The Balaban J connectivity index is 2.19. The molecule has 0 spiro atoms. The minimum absolute atomic E-state index is 0.0972. The molecule has 0 aliphatic carbocycles. The van der Waals surface area contributed by atoms with Gasteiger partial charge < -0.3 is 11.1 Å². The lowest BCUT2D eigenvalue weighted by atomic mass is 10.1. The average molecular weight is 258 g/mol. The van der Waals surface area contributed by atoms with Crippen LogP contribution in [-0.4, -0.2) is 5.91 Å². The first-order chi connectivity index (χ1) is 9.10. The number of nitrogens with one attached hydrogen (secondary N) is 1. The number of carbonyl (C=O) groups is 1. The van der Waals surface area contributed by atoms with Gasteiger partial charge in [0.15, 0.2) is 0 Å². The number of halogens is 1. The molecule has 0 aliphatic heterocycles. The smallest absolute Gasteiger partial charge is 0.255 e. The summed E-state index contributed by atoms with van der Waals surface area (Å²) in [6.07, 6.45) is 0. The van der Waals surface area contributed by atoms with Crippen LogP contribution in [0.5, 0.6) is 0 Å². The summed E-state index contributed by atoms with van der Waals surface area (Å²) in [6.45, 7) is 2.02. The van der Waals surface area contributed by atoms with Gasteiger partial charge in [-0.3, -0.25) is 4.79 Å². The van der Waals surface area contributed by atoms with Crippen LogP contribution >= 0.6 is 0 Å². The number of anilines is 1. The summed E-state index contributed by atoms with van der Waals surface area (Å²) in [5.74, 6) is -0.589. The fourth-order valence-corrected chi connectivity index (χ4v) is 1.80. The fraction of sp³-hybridized carbons (Fsp3) is 0.133. The van der Waals surface area contributed by atoms with Crippen LogP contribution in [0, 0.1) is 12.7 Å². The number of carbonyl (C=O) groups excluding carboxylic acids is 1. The normalized spacial score (nSPS) is 10.3. The molecule has 98 valence electrons. The van der Waals surface area contributed by atoms with Crippen LogP contribution in [0.3, 0.4) is 0 Å². The summed E-state index contributed by atoms with van der Waals surface area (Å²) in [5, 5.41) is 2.73. The van der Waals surface area contributed by atoms with E-state index in [4.69, 9.17) is 5.73 Å². The van der Waals surface area contributed by atoms with Crippen LogP contribution in [0.2, 0.25) is 0 Å². The molecule has 0 aromatic heterocycles. The molecule has 3 nitrogen and oxygen atoms in total. The number of amides is 1. The van der Waals surface area contributed by atoms with E-state index in [-0.39, 0.29) is 18.3 Å². The molecule has 0 bridgehead atoms. The molecule has 3 N–H and O–H groups in total. The minimum atomic E-state index is -0.365. The van der Waals surface area contributed by atoms with Crippen molar-refractivity contribution in [1.82, 2.24) is 0 Å². The number of hydrogen-bond donors (Lipinski definition) is 2. The van der Waals surface area contributed by atoms with Gasteiger partial charge in [0.2, 0.25) is 0 Å². The second-order valence-corrected chi connectivity index (χ2v) is 4.33. The van der Waals surface area contributed by atoms with E-state index in [1.54, 1.807) is 18.2 Å². The van der Waals surface area contributed by atoms with E-state index in [1.807, 2.05) is 19.1 Å². The van der Waals surface area contributed by atoms with Crippen LogP contribution in [0.4, 0.5) is 10.1 Å². The van der Waals surface area contributed by atoms with Crippen molar-refractivity contribution in [2.75, 3.05) is 5.32 Å². The highest BCUT2D eigenvalue weighted by Gasteiger charge is 2.08. The van der Waals surface area contributed by atoms with Crippen LogP contribution in [0.15, 0.2) is 42.5 Å². The fourth-order valence-electron chi connectivity index (χ4n) is 1.80. The monoisotopic (exact) mass is 258 g/mol. The van der Waals surface area contributed by atoms with E-state index in [1.165, 1.54) is 12.1 Å². The van der Waals surface area contributed by atoms with Gasteiger partial charge >= 0.3 is 0 Å². The summed E-state index contributed by atoms with van der Waals surface area (Å²) in [6, 6.07) is 11.6. The zero-order valence-corrected chi connectivity index (χ0v) is 10.6. The van der Waals surface area contributed by atoms with E-state index < -0.39 is 0 Å². The van der Waals surface area contributed by atoms with Crippen molar-refractivity contribution < 1.29 is 9.18 Å². The Bertz CT molecular complexity index is 611. The van der Waals surface area contributed by atoms with Crippen LogP contribution in [-0.2, 0) is 6.54 Å². The van der Waals surface area contributed by atoms with Gasteiger partial charge in [0.1, 0.15) is 5.82 Å². The first kappa shape index (κ1) is 13.2. The average Bonchev–Trinajstić information content (AvgIpc) is 2.41. The predicted octanol–water partition coefficient (Wildman–Crippen LogP) is 2.85. The molecule has 1 amide bonds. The van der Waals surface area contributed by atoms with E-state index in [2.05, 4.69) is 5.32 Å². The van der Waals surface area contributed by atoms with Crippen LogP contribution in [0.1, 0.15) is 21.5 Å². The van der Waals surface area contributed by atoms with E-state index >= 15 is 0 Å². The number of hydrogen-bond acceptors (Lipinski definition) is 2. The zero-order chi connectivity index (χ0) is 13.8. The van der Waals surface area contributed by atoms with Crippen molar-refractivity contribution in [2.24, 2.45) is 5.73 Å².